The summed E-state index contributed by atoms with van der Waals surface area (Å²) in [6.07, 6.45) is 6.98. The van der Waals surface area contributed by atoms with Gasteiger partial charge in [-0.25, -0.2) is 4.79 Å². The summed E-state index contributed by atoms with van der Waals surface area (Å²) in [5.74, 6) is -1.19. The number of hydrogen-bond acceptors (Lipinski definition) is 5. The van der Waals surface area contributed by atoms with Crippen LogP contribution in [-0.2, 0) is 14.3 Å². The number of Topliss-reactive ketones (excluding diaryl/α,β-unsaturated/α-hetero) is 2. The van der Waals surface area contributed by atoms with E-state index >= 15 is 0 Å². The molecule has 1 aliphatic rings. The van der Waals surface area contributed by atoms with E-state index in [2.05, 4.69) is 11.9 Å². The molecule has 1 aromatic rings. The number of ketones is 2. The average Bonchev–Trinajstić information content (AvgIpc) is 2.70. The van der Waals surface area contributed by atoms with Crippen LogP contribution in [0.2, 0.25) is 0 Å². The first-order valence-electron chi connectivity index (χ1n) is 10.3. The molecule has 1 fully saturated rings. The maximum Gasteiger partial charge on any atom is 0.338 e. The van der Waals surface area contributed by atoms with E-state index in [0.29, 0.717) is 30.7 Å². The number of carbonyl (C=O) groups excluding carboxylic acids is 3. The van der Waals surface area contributed by atoms with Crippen LogP contribution in [0.5, 0.6) is 0 Å². The summed E-state index contributed by atoms with van der Waals surface area (Å²) in [6, 6.07) is 6.69. The Balaban J connectivity index is 1.96. The van der Waals surface area contributed by atoms with Crippen molar-refractivity contribution >= 4 is 29.4 Å². The third-order valence-corrected chi connectivity index (χ3v) is 5.75. The Morgan fingerprint density at radius 3 is 2.21 bits per heavy atom. The van der Waals surface area contributed by atoms with Crippen LogP contribution in [0.15, 0.2) is 29.3 Å². The second-order valence-corrected chi connectivity index (χ2v) is 7.64. The topological polar surface area (TPSA) is 72.8 Å². The van der Waals surface area contributed by atoms with Crippen molar-refractivity contribution in [3.05, 3.63) is 29.8 Å². The van der Waals surface area contributed by atoms with E-state index in [1.54, 1.807) is 24.3 Å². The molecule has 0 amide bonds. The Hall–Kier alpha value is -2.30. The molecule has 0 heterocycles. The van der Waals surface area contributed by atoms with Crippen molar-refractivity contribution in [3.63, 3.8) is 0 Å². The van der Waals surface area contributed by atoms with Crippen molar-refractivity contribution in [2.75, 3.05) is 6.61 Å². The zero-order valence-corrected chi connectivity index (χ0v) is 17.2. The lowest BCUT2D eigenvalue weighted by Gasteiger charge is -2.36. The molecule has 0 bridgehead atoms. The number of benzene rings is 1. The van der Waals surface area contributed by atoms with Gasteiger partial charge >= 0.3 is 5.97 Å². The van der Waals surface area contributed by atoms with E-state index in [0.717, 1.165) is 32.1 Å². The molecule has 28 heavy (non-hydrogen) atoms. The average molecular weight is 386 g/mol. The van der Waals surface area contributed by atoms with Gasteiger partial charge in [0.2, 0.25) is 0 Å². The van der Waals surface area contributed by atoms with Gasteiger partial charge in [0.05, 0.1) is 17.9 Å². The van der Waals surface area contributed by atoms with Crippen molar-refractivity contribution in [1.82, 2.24) is 0 Å². The molecule has 5 heteroatoms. The first-order chi connectivity index (χ1) is 13.4. The number of hydrogen-bond donors (Lipinski definition) is 0. The second kappa shape index (κ2) is 10.3. The van der Waals surface area contributed by atoms with Crippen LogP contribution < -0.4 is 0 Å². The number of unbranched alkanes of at least 4 members (excludes halogenated alkanes) is 2. The Morgan fingerprint density at radius 2 is 1.68 bits per heavy atom. The molecule has 0 N–H and O–H groups in total. The third-order valence-electron chi connectivity index (χ3n) is 5.75. The Morgan fingerprint density at radius 1 is 1.07 bits per heavy atom. The van der Waals surface area contributed by atoms with Crippen LogP contribution >= 0.6 is 0 Å². The minimum Gasteiger partial charge on any atom is -0.462 e. The van der Waals surface area contributed by atoms with Crippen LogP contribution in [0.4, 0.5) is 5.69 Å². The highest BCUT2D eigenvalue weighted by atomic mass is 16.5. The van der Waals surface area contributed by atoms with E-state index in [4.69, 9.17) is 4.74 Å². The van der Waals surface area contributed by atoms with Crippen LogP contribution in [0.1, 0.15) is 76.1 Å². The molecule has 1 aliphatic carbocycles. The molecular weight excluding hydrogens is 354 g/mol. The van der Waals surface area contributed by atoms with E-state index in [-0.39, 0.29) is 23.0 Å². The standard InChI is InChI=1S/C23H31NO4/c1-4-7-8-13-28-22(27)17-9-11-18(12-10-17)24-16-19-20(25)14-23(5-2,6-3)15-21(19)26/h9-12,16,19H,4-8,13-15H2,1-3H3. The van der Waals surface area contributed by atoms with E-state index in [1.165, 1.54) is 6.21 Å². The molecule has 1 saturated carbocycles. The minimum absolute atomic E-state index is 0.0454. The maximum absolute atomic E-state index is 12.5. The summed E-state index contributed by atoms with van der Waals surface area (Å²) in [7, 11) is 0. The number of ether oxygens (including phenoxy) is 1. The highest BCUT2D eigenvalue weighted by Crippen LogP contribution is 2.40. The van der Waals surface area contributed by atoms with Crippen molar-refractivity contribution in [1.29, 1.82) is 0 Å². The normalized spacial score (nSPS) is 17.2. The fourth-order valence-electron chi connectivity index (χ4n) is 3.56. The number of esters is 1. The molecule has 1 aromatic carbocycles. The lowest BCUT2D eigenvalue weighted by Crippen LogP contribution is -2.40. The zero-order valence-electron chi connectivity index (χ0n) is 17.2. The fraction of sp³-hybridized carbons (Fsp3) is 0.565. The van der Waals surface area contributed by atoms with Gasteiger partial charge in [-0.3, -0.25) is 14.6 Å². The van der Waals surface area contributed by atoms with Crippen LogP contribution in [0.3, 0.4) is 0 Å². The number of nitrogens with zero attached hydrogens (tertiary/aromatic N) is 1. The zero-order chi connectivity index (χ0) is 20.6. The quantitative estimate of drug-likeness (QED) is 0.257. The van der Waals surface area contributed by atoms with Gasteiger partial charge in [0.25, 0.3) is 0 Å². The number of carbonyl (C=O) groups is 3. The van der Waals surface area contributed by atoms with Crippen molar-refractivity contribution in [3.8, 4) is 0 Å². The van der Waals surface area contributed by atoms with E-state index in [1.807, 2.05) is 13.8 Å². The van der Waals surface area contributed by atoms with E-state index < -0.39 is 5.92 Å². The SMILES string of the molecule is CCCCCOC(=O)c1ccc(N=CC2C(=O)CC(CC)(CC)CC2=O)cc1. The van der Waals surface area contributed by atoms with Gasteiger partial charge in [-0.15, -0.1) is 0 Å². The minimum atomic E-state index is -0.755. The van der Waals surface area contributed by atoms with E-state index in [9.17, 15) is 14.4 Å². The first kappa shape index (κ1) is 22.0. The Kier molecular flexibility index (Phi) is 8.09. The molecule has 0 aliphatic heterocycles. The Labute approximate surface area is 167 Å². The second-order valence-electron chi connectivity index (χ2n) is 7.64. The highest BCUT2D eigenvalue weighted by molar-refractivity contribution is 6.16. The van der Waals surface area contributed by atoms with Crippen molar-refractivity contribution in [2.24, 2.45) is 16.3 Å². The molecular formula is C23H31NO4. The van der Waals surface area contributed by atoms with Gasteiger partial charge in [0, 0.05) is 19.1 Å². The van der Waals surface area contributed by atoms with Gasteiger partial charge < -0.3 is 4.74 Å². The molecule has 0 spiro atoms. The monoisotopic (exact) mass is 385 g/mol. The summed E-state index contributed by atoms with van der Waals surface area (Å²) in [4.78, 5) is 41.2. The molecule has 0 aromatic heterocycles. The molecule has 0 unspecified atom stereocenters. The molecule has 152 valence electrons. The van der Waals surface area contributed by atoms with Crippen LogP contribution in [0.25, 0.3) is 0 Å². The maximum atomic E-state index is 12.5. The van der Waals surface area contributed by atoms with Gasteiger partial charge in [-0.2, -0.15) is 0 Å². The van der Waals surface area contributed by atoms with Gasteiger partial charge in [0.1, 0.15) is 17.5 Å². The highest BCUT2D eigenvalue weighted by Gasteiger charge is 2.42. The fourth-order valence-corrected chi connectivity index (χ4v) is 3.56. The molecule has 0 radical (unpaired) electrons. The Bertz CT molecular complexity index is 697. The summed E-state index contributed by atoms with van der Waals surface area (Å²) < 4.78 is 5.23. The van der Waals surface area contributed by atoms with Gasteiger partial charge in [0.15, 0.2) is 0 Å². The lowest BCUT2D eigenvalue weighted by molar-refractivity contribution is -0.137. The number of rotatable bonds is 9. The van der Waals surface area contributed by atoms with Crippen molar-refractivity contribution < 1.29 is 19.1 Å². The molecule has 2 rings (SSSR count). The van der Waals surface area contributed by atoms with Gasteiger partial charge in [-0.05, 0) is 48.9 Å². The molecule has 0 atom stereocenters. The largest absolute Gasteiger partial charge is 0.462 e. The van der Waals surface area contributed by atoms with Crippen molar-refractivity contribution in [2.45, 2.75) is 65.7 Å². The predicted molar refractivity (Wildman–Crippen MR) is 110 cm³/mol. The summed E-state index contributed by atoms with van der Waals surface area (Å²) in [5, 5.41) is 0. The number of aliphatic imine (C=N–C) groups is 1. The summed E-state index contributed by atoms with van der Waals surface area (Å²) in [6.45, 7) is 6.60. The predicted octanol–water partition coefficient (Wildman–Crippen LogP) is 5.09. The third kappa shape index (κ3) is 5.60. The summed E-state index contributed by atoms with van der Waals surface area (Å²) in [5.41, 5.74) is 0.888. The first-order valence-corrected chi connectivity index (χ1v) is 10.3. The van der Waals surface area contributed by atoms with Crippen LogP contribution in [-0.4, -0.2) is 30.4 Å². The van der Waals surface area contributed by atoms with Crippen LogP contribution in [0, 0.1) is 11.3 Å². The smallest absolute Gasteiger partial charge is 0.338 e. The van der Waals surface area contributed by atoms with Gasteiger partial charge in [-0.1, -0.05) is 33.6 Å². The molecule has 0 saturated heterocycles. The lowest BCUT2D eigenvalue weighted by atomic mass is 9.66. The summed E-state index contributed by atoms with van der Waals surface area (Å²) >= 11 is 0. The molecule has 5 nitrogen and oxygen atoms in total.